The van der Waals surface area contributed by atoms with Gasteiger partial charge in [-0.1, -0.05) is 24.5 Å². The number of ether oxygens (including phenoxy) is 1. The summed E-state index contributed by atoms with van der Waals surface area (Å²) in [7, 11) is 5.97. The van der Waals surface area contributed by atoms with Gasteiger partial charge in [-0.2, -0.15) is 15.2 Å². The normalized spacial score (nSPS) is 19.1. The van der Waals surface area contributed by atoms with Crippen LogP contribution in [-0.4, -0.2) is 72.3 Å². The number of fused-ring (bicyclic) bond motifs is 2. The van der Waals surface area contributed by atoms with E-state index >= 15 is 4.39 Å². The second-order valence-corrected chi connectivity index (χ2v) is 16.2. The van der Waals surface area contributed by atoms with Crippen molar-refractivity contribution < 1.29 is 22.3 Å². The molecule has 3 saturated carbocycles. The Balaban J connectivity index is 1.30. The van der Waals surface area contributed by atoms with Gasteiger partial charge in [-0.25, -0.2) is 17.6 Å². The number of hydrogen-bond donors (Lipinski definition) is 0. The Kier molecular flexibility index (Phi) is 9.76. The van der Waals surface area contributed by atoms with Crippen LogP contribution in [0.25, 0.3) is 32.2 Å². The van der Waals surface area contributed by atoms with Crippen molar-refractivity contribution in [3.05, 3.63) is 47.2 Å². The fourth-order valence-corrected chi connectivity index (χ4v) is 9.29. The monoisotopic (exact) mass is 733 g/mol. The molecule has 4 aromatic rings. The molecule has 8 nitrogen and oxygen atoms in total. The standard InChI is InChI=1S/C39H43F4N7OS/c1-45-35-26(18-44)29-25(12-13-28(40)33(29)52-35)31-30(41)32-27(19-46-31)34(50(4)22-38(49(2)3)15-9-16-38)48-36(47-32)51-23-37(20-39(42,43)21-37)17-14-24-10-7-5-6-8-11-24/h12-14,19H,1,5-11,15-17,20-23H2,2-4H3. The molecule has 274 valence electrons. The van der Waals surface area contributed by atoms with Gasteiger partial charge >= 0.3 is 6.01 Å². The number of nitriles is 1. The molecule has 0 amide bonds. The first-order valence-corrected chi connectivity index (χ1v) is 18.8. The zero-order valence-corrected chi connectivity index (χ0v) is 30.7. The van der Waals surface area contributed by atoms with Crippen molar-refractivity contribution >= 4 is 49.9 Å². The predicted octanol–water partition coefficient (Wildman–Crippen LogP) is 9.77. The number of aliphatic imine (C=N–C) groups is 1. The second-order valence-electron chi connectivity index (χ2n) is 15.2. The van der Waals surface area contributed by atoms with E-state index in [0.717, 1.165) is 56.3 Å². The Hall–Kier alpha value is -4.15. The van der Waals surface area contributed by atoms with Crippen LogP contribution in [-0.2, 0) is 0 Å². The first-order chi connectivity index (χ1) is 24.9. The number of rotatable bonds is 11. The van der Waals surface area contributed by atoms with Crippen LogP contribution in [0.5, 0.6) is 6.01 Å². The minimum absolute atomic E-state index is 0.0431. The summed E-state index contributed by atoms with van der Waals surface area (Å²) in [4.78, 5) is 21.9. The molecular formula is C39H43F4N7OS. The van der Waals surface area contributed by atoms with Crippen LogP contribution >= 0.6 is 11.3 Å². The van der Waals surface area contributed by atoms with Gasteiger partial charge in [0.05, 0.1) is 22.3 Å². The Morgan fingerprint density at radius 1 is 1.06 bits per heavy atom. The lowest BCUT2D eigenvalue weighted by atomic mass is 9.64. The lowest BCUT2D eigenvalue weighted by Crippen LogP contribution is -2.56. The highest BCUT2D eigenvalue weighted by atomic mass is 32.1. The number of aromatic nitrogens is 3. The summed E-state index contributed by atoms with van der Waals surface area (Å²) >= 11 is 0.957. The first kappa shape index (κ1) is 36.2. The van der Waals surface area contributed by atoms with E-state index in [1.807, 2.05) is 26.0 Å². The van der Waals surface area contributed by atoms with E-state index in [1.54, 1.807) is 0 Å². The molecule has 0 N–H and O–H groups in total. The van der Waals surface area contributed by atoms with Crippen molar-refractivity contribution in [3.8, 4) is 23.3 Å². The number of alkyl halides is 2. The van der Waals surface area contributed by atoms with E-state index < -0.39 is 23.0 Å². The average Bonchev–Trinajstić information content (AvgIpc) is 3.27. The number of likely N-dealkylation sites (N-methyl/N-ethyl adjacent to an activating group) is 2. The fraction of sp³-hybridized carbons (Fsp3) is 0.513. The number of nitrogens with zero attached hydrogens (tertiary/aromatic N) is 7. The highest BCUT2D eigenvalue weighted by Gasteiger charge is 2.56. The van der Waals surface area contributed by atoms with Crippen LogP contribution in [0.2, 0.25) is 0 Å². The van der Waals surface area contributed by atoms with Crippen LogP contribution in [0.3, 0.4) is 0 Å². The molecular weight excluding hydrogens is 691 g/mol. The quantitative estimate of drug-likeness (QED) is 0.0656. The van der Waals surface area contributed by atoms with Gasteiger partial charge in [0.15, 0.2) is 5.82 Å². The molecule has 0 unspecified atom stereocenters. The van der Waals surface area contributed by atoms with E-state index in [2.05, 4.69) is 38.7 Å². The van der Waals surface area contributed by atoms with Crippen molar-refractivity contribution in [2.45, 2.75) is 88.5 Å². The maximum Gasteiger partial charge on any atom is 0.319 e. The van der Waals surface area contributed by atoms with Crippen LogP contribution in [0.4, 0.5) is 28.4 Å². The molecule has 0 bridgehead atoms. The van der Waals surface area contributed by atoms with Gasteiger partial charge in [0.2, 0.25) is 5.92 Å². The summed E-state index contributed by atoms with van der Waals surface area (Å²) in [5, 5.41) is 10.7. The maximum absolute atomic E-state index is 16.9. The third kappa shape index (κ3) is 6.64. The molecule has 0 radical (unpaired) electrons. The molecule has 3 aromatic heterocycles. The molecule has 7 rings (SSSR count). The molecule has 0 spiro atoms. The van der Waals surface area contributed by atoms with Crippen molar-refractivity contribution in [2.75, 3.05) is 39.2 Å². The Labute approximate surface area is 305 Å². The van der Waals surface area contributed by atoms with Crippen LogP contribution in [0.15, 0.2) is 35.0 Å². The molecule has 1 aromatic carbocycles. The smallest absolute Gasteiger partial charge is 0.319 e. The summed E-state index contributed by atoms with van der Waals surface area (Å²) in [6.45, 7) is 4.06. The second kappa shape index (κ2) is 14.0. The van der Waals surface area contributed by atoms with Crippen molar-refractivity contribution in [3.63, 3.8) is 0 Å². The molecule has 3 aliphatic carbocycles. The summed E-state index contributed by atoms with van der Waals surface area (Å²) in [6.07, 6.45) is 13.2. The zero-order valence-electron chi connectivity index (χ0n) is 29.9. The van der Waals surface area contributed by atoms with E-state index in [-0.39, 0.29) is 68.4 Å². The molecule has 0 atom stereocenters. The lowest BCUT2D eigenvalue weighted by Gasteiger charge is -2.49. The van der Waals surface area contributed by atoms with Crippen molar-refractivity contribution in [2.24, 2.45) is 10.4 Å². The van der Waals surface area contributed by atoms with Crippen LogP contribution < -0.4 is 9.64 Å². The van der Waals surface area contributed by atoms with Gasteiger partial charge < -0.3 is 14.5 Å². The summed E-state index contributed by atoms with van der Waals surface area (Å²) in [5.41, 5.74) is 0.503. The topological polar surface area (TPSA) is 90.5 Å². The Bertz CT molecular complexity index is 2080. The largest absolute Gasteiger partial charge is 0.463 e. The van der Waals surface area contributed by atoms with Crippen LogP contribution in [0.1, 0.15) is 82.6 Å². The minimum Gasteiger partial charge on any atom is -0.463 e. The first-order valence-electron chi connectivity index (χ1n) is 17.9. The van der Waals surface area contributed by atoms with E-state index in [9.17, 15) is 18.4 Å². The number of allylic oxidation sites excluding steroid dienone is 2. The van der Waals surface area contributed by atoms with E-state index in [0.29, 0.717) is 24.2 Å². The third-order valence-corrected chi connectivity index (χ3v) is 12.5. The molecule has 0 saturated heterocycles. The minimum atomic E-state index is -2.78. The zero-order chi connectivity index (χ0) is 36.8. The van der Waals surface area contributed by atoms with Gasteiger partial charge in [0, 0.05) is 54.5 Å². The Morgan fingerprint density at radius 2 is 1.79 bits per heavy atom. The number of anilines is 1. The molecule has 3 aliphatic rings. The average molecular weight is 734 g/mol. The molecule has 13 heteroatoms. The highest BCUT2D eigenvalue weighted by Crippen LogP contribution is 2.55. The van der Waals surface area contributed by atoms with Gasteiger partial charge in [-0.15, -0.1) is 11.3 Å². The summed E-state index contributed by atoms with van der Waals surface area (Å²) in [5.74, 6) is -3.75. The fourth-order valence-electron chi connectivity index (χ4n) is 8.30. The van der Waals surface area contributed by atoms with E-state index in [4.69, 9.17) is 9.72 Å². The maximum atomic E-state index is 16.9. The summed E-state index contributed by atoms with van der Waals surface area (Å²) in [6, 6.07) is 4.54. The van der Waals surface area contributed by atoms with Gasteiger partial charge in [-0.05, 0) is 84.3 Å². The van der Waals surface area contributed by atoms with Gasteiger partial charge in [0.25, 0.3) is 0 Å². The van der Waals surface area contributed by atoms with Crippen molar-refractivity contribution in [1.29, 1.82) is 5.26 Å². The lowest BCUT2D eigenvalue weighted by molar-refractivity contribution is -0.172. The number of benzene rings is 1. The third-order valence-electron chi connectivity index (χ3n) is 11.4. The number of hydrogen-bond acceptors (Lipinski definition) is 9. The molecule has 0 aliphatic heterocycles. The number of thiophene rings is 1. The Morgan fingerprint density at radius 3 is 2.40 bits per heavy atom. The molecule has 3 heterocycles. The highest BCUT2D eigenvalue weighted by molar-refractivity contribution is 7.23. The SMILES string of the molecule is C=Nc1sc2c(F)ccc(-c3ncc4c(N(C)CC5(N(C)C)CCC5)nc(OCC5(CC=C6CCCCCC6)CC(F)(F)C5)nc4c3F)c2c1C#N. The molecule has 52 heavy (non-hydrogen) atoms. The van der Waals surface area contributed by atoms with Gasteiger partial charge in [-0.3, -0.25) is 9.98 Å². The van der Waals surface area contributed by atoms with Crippen LogP contribution in [0, 0.1) is 28.4 Å². The predicted molar refractivity (Wildman–Crippen MR) is 198 cm³/mol. The number of halogens is 4. The van der Waals surface area contributed by atoms with Gasteiger partial charge in [0.1, 0.15) is 33.9 Å². The van der Waals surface area contributed by atoms with Crippen molar-refractivity contribution in [1.82, 2.24) is 19.9 Å². The molecule has 3 fully saturated rings. The van der Waals surface area contributed by atoms with E-state index in [1.165, 1.54) is 36.7 Å². The summed E-state index contributed by atoms with van der Waals surface area (Å²) < 4.78 is 67.2. The number of pyridine rings is 1.